The van der Waals surface area contributed by atoms with Crippen LogP contribution in [-0.2, 0) is 32.7 Å². The Kier molecular flexibility index (Phi) is 70.5. The smallest absolute Gasteiger partial charge is 0.306 e. The summed E-state index contributed by atoms with van der Waals surface area (Å²) >= 11 is 0. The van der Waals surface area contributed by atoms with Crippen LogP contribution < -0.4 is 4.89 Å². The molecule has 2 atom stereocenters. The van der Waals surface area contributed by atoms with Gasteiger partial charge in [-0.05, 0) is 135 Å². The Morgan fingerprint density at radius 1 is 0.323 bits per heavy atom. The molecular formula is C86H142NO8P. The van der Waals surface area contributed by atoms with Crippen LogP contribution in [0.15, 0.2) is 182 Å². The molecule has 0 aromatic carbocycles. The van der Waals surface area contributed by atoms with E-state index in [2.05, 4.69) is 196 Å². The summed E-state index contributed by atoms with van der Waals surface area (Å²) in [5, 5.41) is 0. The molecule has 0 N–H and O–H groups in total. The molecule has 0 rings (SSSR count). The number of likely N-dealkylation sites (N-methyl/N-ethyl adjacent to an activating group) is 1. The molecule has 10 heteroatoms. The Bertz CT molecular complexity index is 2280. The van der Waals surface area contributed by atoms with Crippen LogP contribution in [0.1, 0.15) is 296 Å². The lowest BCUT2D eigenvalue weighted by molar-refractivity contribution is -0.870. The van der Waals surface area contributed by atoms with Crippen LogP contribution in [0.3, 0.4) is 0 Å². The number of hydrogen-bond acceptors (Lipinski definition) is 8. The van der Waals surface area contributed by atoms with E-state index in [1.54, 1.807) is 0 Å². The first-order valence-electron chi connectivity index (χ1n) is 38.5. The number of hydrogen-bond donors (Lipinski definition) is 0. The lowest BCUT2D eigenvalue weighted by Crippen LogP contribution is -2.37. The largest absolute Gasteiger partial charge is 0.756 e. The van der Waals surface area contributed by atoms with Gasteiger partial charge in [0.1, 0.15) is 19.8 Å². The fourth-order valence-corrected chi connectivity index (χ4v) is 10.9. The van der Waals surface area contributed by atoms with E-state index in [9.17, 15) is 19.0 Å². The Morgan fingerprint density at radius 3 is 0.833 bits per heavy atom. The van der Waals surface area contributed by atoms with Gasteiger partial charge in [-0.2, -0.15) is 0 Å². The molecule has 0 aliphatic carbocycles. The summed E-state index contributed by atoms with van der Waals surface area (Å²) in [6, 6.07) is 0. The van der Waals surface area contributed by atoms with Crippen molar-refractivity contribution in [1.82, 2.24) is 0 Å². The zero-order chi connectivity index (χ0) is 69.7. The highest BCUT2D eigenvalue weighted by Crippen LogP contribution is 2.38. The van der Waals surface area contributed by atoms with E-state index in [0.717, 1.165) is 141 Å². The monoisotopic (exact) mass is 1350 g/mol. The fraction of sp³-hybridized carbons (Fsp3) is 0.628. The van der Waals surface area contributed by atoms with Gasteiger partial charge in [0, 0.05) is 12.8 Å². The van der Waals surface area contributed by atoms with Crippen molar-refractivity contribution in [3.63, 3.8) is 0 Å². The maximum Gasteiger partial charge on any atom is 0.306 e. The molecule has 0 aromatic heterocycles. The number of esters is 2. The minimum absolute atomic E-state index is 0.0403. The molecule has 0 aliphatic heterocycles. The summed E-state index contributed by atoms with van der Waals surface area (Å²) in [7, 11) is 1.15. The molecule has 0 bridgehead atoms. The SMILES string of the molecule is CC/C=C\C/C=C\C/C=C\C/C=C\C/C=C\C/C=C\C/C=C\C/C=C\C/C=C\C/C=C\CCCCCCCCCCC(=O)OC(COC(=O)CCCCCCCCCCCCCCCCCCC/C=C\C/C=C\C/C=C\C/C=C\C/C=C\CC)COP(=O)([O-])OCC[N+](C)(C)C. The molecule has 0 saturated carbocycles. The topological polar surface area (TPSA) is 111 Å². The van der Waals surface area contributed by atoms with Crippen LogP contribution >= 0.6 is 7.82 Å². The van der Waals surface area contributed by atoms with E-state index >= 15 is 0 Å². The number of rotatable bonds is 69. The molecule has 0 heterocycles. The first-order chi connectivity index (χ1) is 47.0. The zero-order valence-corrected chi connectivity index (χ0v) is 62.9. The van der Waals surface area contributed by atoms with Crippen LogP contribution in [0.2, 0.25) is 0 Å². The third-order valence-corrected chi connectivity index (χ3v) is 16.9. The summed E-state index contributed by atoms with van der Waals surface area (Å²) in [5.41, 5.74) is 0. The van der Waals surface area contributed by atoms with Gasteiger partial charge in [-0.15, -0.1) is 0 Å². The van der Waals surface area contributed by atoms with Gasteiger partial charge in [-0.25, -0.2) is 0 Å². The van der Waals surface area contributed by atoms with Crippen molar-refractivity contribution in [1.29, 1.82) is 0 Å². The summed E-state index contributed by atoms with van der Waals surface area (Å²) in [5.74, 6) is -0.846. The van der Waals surface area contributed by atoms with E-state index in [-0.39, 0.29) is 32.0 Å². The molecule has 0 aliphatic rings. The first-order valence-corrected chi connectivity index (χ1v) is 40.0. The lowest BCUT2D eigenvalue weighted by Gasteiger charge is -2.28. The van der Waals surface area contributed by atoms with Gasteiger partial charge >= 0.3 is 11.9 Å². The average molecular weight is 1350 g/mol. The predicted octanol–water partition coefficient (Wildman–Crippen LogP) is 25.2. The molecule has 544 valence electrons. The number of phosphoric ester groups is 1. The summed E-state index contributed by atoms with van der Waals surface area (Å²) in [6.45, 7) is 4.01. The van der Waals surface area contributed by atoms with E-state index in [1.165, 1.54) is 122 Å². The number of phosphoric acid groups is 1. The van der Waals surface area contributed by atoms with E-state index in [1.807, 2.05) is 21.1 Å². The van der Waals surface area contributed by atoms with E-state index in [4.69, 9.17) is 18.5 Å². The normalized spacial score (nSPS) is 14.1. The van der Waals surface area contributed by atoms with Crippen LogP contribution in [0.5, 0.6) is 0 Å². The lowest BCUT2D eigenvalue weighted by atomic mass is 10.0. The van der Waals surface area contributed by atoms with Gasteiger partial charge in [0.2, 0.25) is 0 Å². The second-order valence-corrected chi connectivity index (χ2v) is 27.7. The van der Waals surface area contributed by atoms with Crippen LogP contribution in [-0.4, -0.2) is 70.0 Å². The Morgan fingerprint density at radius 2 is 0.562 bits per heavy atom. The second kappa shape index (κ2) is 74.3. The summed E-state index contributed by atoms with van der Waals surface area (Å²) in [4.78, 5) is 38.2. The number of ether oxygens (including phenoxy) is 2. The van der Waals surface area contributed by atoms with E-state index in [0.29, 0.717) is 17.4 Å². The van der Waals surface area contributed by atoms with Crippen molar-refractivity contribution in [2.45, 2.75) is 302 Å². The van der Waals surface area contributed by atoms with Crippen molar-refractivity contribution in [3.8, 4) is 0 Å². The number of unbranched alkanes of at least 4 members (excludes halogenated alkanes) is 25. The van der Waals surface area contributed by atoms with Crippen molar-refractivity contribution in [2.24, 2.45) is 0 Å². The zero-order valence-electron chi connectivity index (χ0n) is 62.0. The highest BCUT2D eigenvalue weighted by atomic mass is 31.2. The third-order valence-electron chi connectivity index (χ3n) is 15.9. The highest BCUT2D eigenvalue weighted by Gasteiger charge is 2.22. The summed E-state index contributed by atoms with van der Waals surface area (Å²) < 4.78 is 34.4. The Labute approximate surface area is 591 Å². The Balaban J connectivity index is 4.08. The molecule has 0 spiro atoms. The Hall–Kier alpha value is -4.89. The maximum atomic E-state index is 12.9. The van der Waals surface area contributed by atoms with Gasteiger partial charge in [0.05, 0.1) is 27.7 Å². The van der Waals surface area contributed by atoms with Gasteiger partial charge in [0.25, 0.3) is 7.82 Å². The molecule has 0 aromatic rings. The molecule has 2 unspecified atom stereocenters. The molecule has 0 fully saturated rings. The number of carbonyl (C=O) groups excluding carboxylic acids is 2. The van der Waals surface area contributed by atoms with Gasteiger partial charge in [-0.1, -0.05) is 331 Å². The molecule has 0 amide bonds. The second-order valence-electron chi connectivity index (χ2n) is 26.3. The molecule has 9 nitrogen and oxygen atoms in total. The van der Waals surface area contributed by atoms with Crippen molar-refractivity contribution in [3.05, 3.63) is 182 Å². The number of carbonyl (C=O) groups is 2. The van der Waals surface area contributed by atoms with Crippen LogP contribution in [0.25, 0.3) is 0 Å². The van der Waals surface area contributed by atoms with Crippen LogP contribution in [0, 0.1) is 0 Å². The predicted molar refractivity (Wildman–Crippen MR) is 415 cm³/mol. The van der Waals surface area contributed by atoms with Gasteiger partial charge in [0.15, 0.2) is 6.10 Å². The minimum Gasteiger partial charge on any atom is -0.756 e. The first kappa shape index (κ1) is 91.1. The van der Waals surface area contributed by atoms with Crippen molar-refractivity contribution >= 4 is 19.8 Å². The molecule has 0 saturated heterocycles. The summed E-state index contributed by atoms with van der Waals surface area (Å²) in [6.07, 6.45) is 114. The van der Waals surface area contributed by atoms with E-state index < -0.39 is 26.5 Å². The van der Waals surface area contributed by atoms with Crippen molar-refractivity contribution in [2.75, 3.05) is 47.5 Å². The standard InChI is InChI=1S/C86H142NO8P/c1-6-8-10-12-14-16-18-20-22-24-26-28-30-32-34-36-38-40-41-42-43-44-45-47-49-51-53-55-57-59-61-63-65-67-69-71-73-75-77-79-86(89)95-84(83-94-96(90,91)93-81-80-87(3,4)5)82-92-85(88)78-76-74-72-70-68-66-64-62-60-58-56-54-52-50-48-46-39-37-35-33-31-29-27-25-23-21-19-17-15-13-11-9-7-2/h8-11,14-17,20-23,26-29,32-35,38,40,42-43,45,47,51,53,57,59,84H,6-7,12-13,18-19,24-25,30-31,36-37,39,41,44,46,48-50,52,54-56,58,60-83H2,1-5H3/b10-8-,11-9-,16-14-,17-15-,22-20-,23-21-,28-26-,29-27-,34-32-,35-33-,40-38-,43-42-,47-45-,53-51-,59-57-. The van der Waals surface area contributed by atoms with Crippen LogP contribution in [0.4, 0.5) is 0 Å². The number of allylic oxidation sites excluding steroid dienone is 30. The number of quaternary nitrogens is 1. The molecular weight excluding hydrogens is 1210 g/mol. The average Bonchev–Trinajstić information content (AvgIpc) is 1.98. The third kappa shape index (κ3) is 78.1. The van der Waals surface area contributed by atoms with Gasteiger partial charge < -0.3 is 27.9 Å². The minimum atomic E-state index is -4.66. The number of nitrogens with zero attached hydrogens (tertiary/aromatic N) is 1. The van der Waals surface area contributed by atoms with Crippen molar-refractivity contribution < 1.29 is 42.1 Å². The molecule has 0 radical (unpaired) electrons. The quantitative estimate of drug-likeness (QED) is 0.0195. The fourth-order valence-electron chi connectivity index (χ4n) is 10.1. The molecule has 96 heavy (non-hydrogen) atoms. The van der Waals surface area contributed by atoms with Gasteiger partial charge in [-0.3, -0.25) is 14.2 Å². The highest BCUT2D eigenvalue weighted by molar-refractivity contribution is 7.45. The maximum absolute atomic E-state index is 12.9.